The van der Waals surface area contributed by atoms with Crippen molar-refractivity contribution >= 4 is 22.9 Å². The first-order valence-electron chi connectivity index (χ1n) is 5.51. The summed E-state index contributed by atoms with van der Waals surface area (Å²) in [6.07, 6.45) is 2.54. The second kappa shape index (κ2) is 5.10. The van der Waals surface area contributed by atoms with Gasteiger partial charge in [0.05, 0.1) is 0 Å². The average Bonchev–Trinajstić information content (AvgIpc) is 2.85. The molecule has 0 unspecified atom stereocenters. The average molecular weight is 246 g/mol. The first kappa shape index (κ1) is 11.8. The number of aryl methyl sites for hydroxylation is 2. The predicted octanol–water partition coefficient (Wildman–Crippen LogP) is 3.27. The molecule has 0 bridgehead atoms. The molecule has 0 atom stereocenters. The van der Waals surface area contributed by atoms with E-state index >= 15 is 0 Å². The summed E-state index contributed by atoms with van der Waals surface area (Å²) in [6, 6.07) is 6.04. The smallest absolute Gasteiger partial charge is 0.284 e. The van der Waals surface area contributed by atoms with Crippen molar-refractivity contribution in [2.75, 3.05) is 5.32 Å². The van der Waals surface area contributed by atoms with E-state index in [1.165, 1.54) is 11.3 Å². The largest absolute Gasteiger partial charge is 0.319 e. The van der Waals surface area contributed by atoms with Crippen molar-refractivity contribution in [3.05, 3.63) is 45.9 Å². The van der Waals surface area contributed by atoms with Gasteiger partial charge in [0.15, 0.2) is 5.01 Å². The Morgan fingerprint density at radius 1 is 1.47 bits per heavy atom. The van der Waals surface area contributed by atoms with Gasteiger partial charge in [-0.05, 0) is 24.5 Å². The van der Waals surface area contributed by atoms with E-state index in [4.69, 9.17) is 0 Å². The molecule has 0 saturated heterocycles. The highest BCUT2D eigenvalue weighted by atomic mass is 32.1. The number of anilines is 1. The fraction of sp³-hybridized carbons (Fsp3) is 0.231. The van der Waals surface area contributed by atoms with Crippen LogP contribution in [0, 0.1) is 6.92 Å². The Balaban J connectivity index is 2.27. The summed E-state index contributed by atoms with van der Waals surface area (Å²) in [7, 11) is 0. The molecule has 4 heteroatoms. The van der Waals surface area contributed by atoms with Crippen molar-refractivity contribution in [1.29, 1.82) is 0 Å². The van der Waals surface area contributed by atoms with Crippen LogP contribution in [0.15, 0.2) is 29.8 Å². The van der Waals surface area contributed by atoms with E-state index in [1.807, 2.05) is 25.1 Å². The molecule has 0 spiro atoms. The van der Waals surface area contributed by atoms with Gasteiger partial charge in [-0.2, -0.15) is 0 Å². The van der Waals surface area contributed by atoms with Gasteiger partial charge in [0.1, 0.15) is 0 Å². The molecule has 1 aromatic heterocycles. The van der Waals surface area contributed by atoms with Gasteiger partial charge in [-0.3, -0.25) is 4.79 Å². The van der Waals surface area contributed by atoms with Crippen molar-refractivity contribution in [2.45, 2.75) is 20.3 Å². The molecule has 1 amide bonds. The SMILES string of the molecule is CCc1cccc(C)c1NC(=O)c1nccs1. The lowest BCUT2D eigenvalue weighted by atomic mass is 10.1. The highest BCUT2D eigenvalue weighted by molar-refractivity contribution is 7.11. The zero-order chi connectivity index (χ0) is 12.3. The molecule has 3 nitrogen and oxygen atoms in total. The number of rotatable bonds is 3. The maximum absolute atomic E-state index is 11.9. The topological polar surface area (TPSA) is 42.0 Å². The Labute approximate surface area is 105 Å². The second-order valence-electron chi connectivity index (χ2n) is 3.75. The molecular weight excluding hydrogens is 232 g/mol. The van der Waals surface area contributed by atoms with Gasteiger partial charge in [0.25, 0.3) is 5.91 Å². The molecule has 1 aromatic carbocycles. The minimum atomic E-state index is -0.135. The monoisotopic (exact) mass is 246 g/mol. The third-order valence-corrected chi connectivity index (χ3v) is 3.38. The molecule has 0 fully saturated rings. The van der Waals surface area contributed by atoms with Crippen LogP contribution in [0.4, 0.5) is 5.69 Å². The molecule has 0 aliphatic rings. The summed E-state index contributed by atoms with van der Waals surface area (Å²) >= 11 is 1.35. The number of para-hydroxylation sites is 1. The molecule has 88 valence electrons. The summed E-state index contributed by atoms with van der Waals surface area (Å²) in [5.41, 5.74) is 3.14. The standard InChI is InChI=1S/C13H14N2OS/c1-3-10-6-4-5-9(2)11(10)15-12(16)13-14-7-8-17-13/h4-8H,3H2,1-2H3,(H,15,16). The number of thiazole rings is 1. The van der Waals surface area contributed by atoms with E-state index < -0.39 is 0 Å². The zero-order valence-corrected chi connectivity index (χ0v) is 10.7. The van der Waals surface area contributed by atoms with E-state index in [2.05, 4.69) is 17.2 Å². The maximum Gasteiger partial charge on any atom is 0.284 e. The third kappa shape index (κ3) is 2.53. The van der Waals surface area contributed by atoms with Crippen molar-refractivity contribution < 1.29 is 4.79 Å². The van der Waals surface area contributed by atoms with E-state index in [-0.39, 0.29) is 5.91 Å². The zero-order valence-electron chi connectivity index (χ0n) is 9.86. The molecule has 0 radical (unpaired) electrons. The summed E-state index contributed by atoms with van der Waals surface area (Å²) in [4.78, 5) is 15.9. The van der Waals surface area contributed by atoms with Crippen LogP contribution in [-0.2, 0) is 6.42 Å². The number of carbonyl (C=O) groups excluding carboxylic acids is 1. The quantitative estimate of drug-likeness (QED) is 0.903. The molecule has 2 aromatic rings. The molecule has 0 saturated carbocycles. The van der Waals surface area contributed by atoms with Gasteiger partial charge in [-0.25, -0.2) is 4.98 Å². The Kier molecular flexibility index (Phi) is 3.54. The van der Waals surface area contributed by atoms with E-state index in [1.54, 1.807) is 11.6 Å². The normalized spacial score (nSPS) is 10.2. The lowest BCUT2D eigenvalue weighted by molar-refractivity contribution is 0.102. The first-order chi connectivity index (χ1) is 8.22. The van der Waals surface area contributed by atoms with Gasteiger partial charge in [0, 0.05) is 17.3 Å². The van der Waals surface area contributed by atoms with Crippen LogP contribution in [0.25, 0.3) is 0 Å². The number of hydrogen-bond acceptors (Lipinski definition) is 3. The molecule has 17 heavy (non-hydrogen) atoms. The molecule has 1 N–H and O–H groups in total. The minimum absolute atomic E-state index is 0.135. The minimum Gasteiger partial charge on any atom is -0.319 e. The van der Waals surface area contributed by atoms with Gasteiger partial charge < -0.3 is 5.32 Å². The third-order valence-electron chi connectivity index (χ3n) is 2.61. The van der Waals surface area contributed by atoms with Crippen LogP contribution in [-0.4, -0.2) is 10.9 Å². The van der Waals surface area contributed by atoms with Gasteiger partial charge >= 0.3 is 0 Å². The van der Waals surface area contributed by atoms with E-state index in [9.17, 15) is 4.79 Å². The molecule has 0 aliphatic carbocycles. The lowest BCUT2D eigenvalue weighted by Crippen LogP contribution is -2.13. The fourth-order valence-corrected chi connectivity index (χ4v) is 2.23. The number of nitrogens with one attached hydrogen (secondary N) is 1. The van der Waals surface area contributed by atoms with Crippen LogP contribution in [0.2, 0.25) is 0 Å². The molecule has 2 rings (SSSR count). The van der Waals surface area contributed by atoms with E-state index in [0.29, 0.717) is 5.01 Å². The summed E-state index contributed by atoms with van der Waals surface area (Å²) in [6.45, 7) is 4.07. The van der Waals surface area contributed by atoms with Crippen molar-refractivity contribution in [3.8, 4) is 0 Å². The Morgan fingerprint density at radius 3 is 2.94 bits per heavy atom. The number of nitrogens with zero attached hydrogens (tertiary/aromatic N) is 1. The van der Waals surface area contributed by atoms with Gasteiger partial charge in [-0.1, -0.05) is 25.1 Å². The Hall–Kier alpha value is -1.68. The van der Waals surface area contributed by atoms with Crippen molar-refractivity contribution in [2.24, 2.45) is 0 Å². The highest BCUT2D eigenvalue weighted by Crippen LogP contribution is 2.22. The van der Waals surface area contributed by atoms with Gasteiger partial charge in [-0.15, -0.1) is 11.3 Å². The maximum atomic E-state index is 11.9. The number of amides is 1. The van der Waals surface area contributed by atoms with Crippen LogP contribution < -0.4 is 5.32 Å². The highest BCUT2D eigenvalue weighted by Gasteiger charge is 2.12. The number of carbonyl (C=O) groups is 1. The van der Waals surface area contributed by atoms with Gasteiger partial charge in [0.2, 0.25) is 0 Å². The second-order valence-corrected chi connectivity index (χ2v) is 4.65. The van der Waals surface area contributed by atoms with Crippen LogP contribution in [0.1, 0.15) is 27.9 Å². The van der Waals surface area contributed by atoms with E-state index in [0.717, 1.165) is 23.2 Å². The molecule has 1 heterocycles. The van der Waals surface area contributed by atoms with Crippen LogP contribution >= 0.6 is 11.3 Å². The summed E-state index contributed by atoms with van der Waals surface area (Å²) < 4.78 is 0. The molecular formula is C13H14N2OS. The first-order valence-corrected chi connectivity index (χ1v) is 6.39. The Bertz CT molecular complexity index is 520. The fourth-order valence-electron chi connectivity index (χ4n) is 1.70. The molecule has 0 aliphatic heterocycles. The summed E-state index contributed by atoms with van der Waals surface area (Å²) in [5.74, 6) is -0.135. The number of hydrogen-bond donors (Lipinski definition) is 1. The Morgan fingerprint density at radius 2 is 2.29 bits per heavy atom. The number of benzene rings is 1. The van der Waals surface area contributed by atoms with Crippen LogP contribution in [0.3, 0.4) is 0 Å². The predicted molar refractivity (Wildman–Crippen MR) is 70.6 cm³/mol. The van der Waals surface area contributed by atoms with Crippen LogP contribution in [0.5, 0.6) is 0 Å². The van der Waals surface area contributed by atoms with Crippen molar-refractivity contribution in [1.82, 2.24) is 4.98 Å². The number of aromatic nitrogens is 1. The lowest BCUT2D eigenvalue weighted by Gasteiger charge is -2.11. The summed E-state index contributed by atoms with van der Waals surface area (Å²) in [5, 5.41) is 5.24. The van der Waals surface area contributed by atoms with Crippen molar-refractivity contribution in [3.63, 3.8) is 0 Å².